The highest BCUT2D eigenvalue weighted by molar-refractivity contribution is 6.01. The van der Waals surface area contributed by atoms with Crippen molar-refractivity contribution in [1.29, 1.82) is 0 Å². The lowest BCUT2D eigenvalue weighted by atomic mass is 10.0. The first-order chi connectivity index (χ1) is 10.1. The molecule has 1 aliphatic rings. The molecule has 0 saturated heterocycles. The van der Waals surface area contributed by atoms with E-state index in [-0.39, 0.29) is 18.1 Å². The monoisotopic (exact) mass is 284 g/mol. The third-order valence-corrected chi connectivity index (χ3v) is 4.06. The maximum Gasteiger partial charge on any atom is 0.258 e. The predicted octanol–water partition coefficient (Wildman–Crippen LogP) is 3.95. The molecule has 0 unspecified atom stereocenters. The summed E-state index contributed by atoms with van der Waals surface area (Å²) in [4.78, 5) is 14.7. The number of hydrogen-bond donors (Lipinski definition) is 1. The Morgan fingerprint density at radius 1 is 1.29 bits per heavy atom. The summed E-state index contributed by atoms with van der Waals surface area (Å²) in [6.45, 7) is 6.06. The number of amides is 1. The van der Waals surface area contributed by atoms with Gasteiger partial charge in [0.25, 0.3) is 5.91 Å². The van der Waals surface area contributed by atoms with Crippen molar-refractivity contribution in [3.05, 3.63) is 53.5 Å². The van der Waals surface area contributed by atoms with Crippen molar-refractivity contribution in [2.45, 2.75) is 39.4 Å². The number of carbonyl (C=O) groups is 1. The summed E-state index contributed by atoms with van der Waals surface area (Å²) in [5.74, 6) is 1.68. The molecule has 4 heteroatoms. The molecule has 1 amide bonds. The van der Waals surface area contributed by atoms with Gasteiger partial charge >= 0.3 is 0 Å². The van der Waals surface area contributed by atoms with Gasteiger partial charge in [0.1, 0.15) is 11.5 Å². The zero-order valence-electron chi connectivity index (χ0n) is 12.6. The molecule has 0 fully saturated rings. The van der Waals surface area contributed by atoms with Crippen LogP contribution in [0.5, 0.6) is 0 Å². The van der Waals surface area contributed by atoms with Crippen LogP contribution in [0.4, 0.5) is 5.69 Å². The standard InChI is InChI=1S/C17H20N2O2/c1-4-11(2)19-16(15-10-9-12(3)21-15)18-14-8-6-5-7-13(14)17(19)20/h5-11,16,18H,4H2,1-3H3/t11-,16-/m1/s1. The van der Waals surface area contributed by atoms with Gasteiger partial charge in [-0.2, -0.15) is 0 Å². The van der Waals surface area contributed by atoms with E-state index >= 15 is 0 Å². The van der Waals surface area contributed by atoms with Crippen molar-refractivity contribution in [3.63, 3.8) is 0 Å². The van der Waals surface area contributed by atoms with Crippen LogP contribution in [0.15, 0.2) is 40.8 Å². The summed E-state index contributed by atoms with van der Waals surface area (Å²) in [6, 6.07) is 11.6. The van der Waals surface area contributed by atoms with E-state index < -0.39 is 0 Å². The third-order valence-electron chi connectivity index (χ3n) is 4.06. The molecule has 0 saturated carbocycles. The van der Waals surface area contributed by atoms with Crippen LogP contribution >= 0.6 is 0 Å². The maximum absolute atomic E-state index is 12.9. The number of hydrogen-bond acceptors (Lipinski definition) is 3. The van der Waals surface area contributed by atoms with E-state index in [9.17, 15) is 4.79 Å². The fourth-order valence-corrected chi connectivity index (χ4v) is 2.73. The van der Waals surface area contributed by atoms with Crippen LogP contribution in [-0.2, 0) is 0 Å². The summed E-state index contributed by atoms with van der Waals surface area (Å²) in [6.07, 6.45) is 0.641. The van der Waals surface area contributed by atoms with Crippen LogP contribution in [0, 0.1) is 6.92 Å². The van der Waals surface area contributed by atoms with Gasteiger partial charge in [-0.15, -0.1) is 0 Å². The molecule has 2 atom stereocenters. The van der Waals surface area contributed by atoms with Crippen molar-refractivity contribution in [2.75, 3.05) is 5.32 Å². The summed E-state index contributed by atoms with van der Waals surface area (Å²) in [5.41, 5.74) is 1.58. The number of para-hydroxylation sites is 1. The van der Waals surface area contributed by atoms with Gasteiger partial charge in [0, 0.05) is 11.7 Å². The number of nitrogens with zero attached hydrogens (tertiary/aromatic N) is 1. The average molecular weight is 284 g/mol. The Bertz CT molecular complexity index is 662. The predicted molar refractivity (Wildman–Crippen MR) is 82.2 cm³/mol. The van der Waals surface area contributed by atoms with Gasteiger partial charge < -0.3 is 14.6 Å². The van der Waals surface area contributed by atoms with Crippen LogP contribution in [0.3, 0.4) is 0 Å². The first kappa shape index (κ1) is 13.7. The van der Waals surface area contributed by atoms with Gasteiger partial charge in [0.2, 0.25) is 0 Å². The summed E-state index contributed by atoms with van der Waals surface area (Å²) in [7, 11) is 0. The van der Waals surface area contributed by atoms with E-state index in [1.807, 2.05) is 48.2 Å². The Balaban J connectivity index is 2.07. The second kappa shape index (κ2) is 5.28. The quantitative estimate of drug-likeness (QED) is 0.928. The lowest BCUT2D eigenvalue weighted by Crippen LogP contribution is -2.47. The van der Waals surface area contributed by atoms with E-state index in [1.165, 1.54) is 0 Å². The molecule has 1 aliphatic heterocycles. The van der Waals surface area contributed by atoms with Gasteiger partial charge in [0.05, 0.1) is 5.56 Å². The first-order valence-electron chi connectivity index (χ1n) is 7.36. The van der Waals surface area contributed by atoms with Crippen molar-refractivity contribution in [1.82, 2.24) is 4.90 Å². The van der Waals surface area contributed by atoms with E-state index in [2.05, 4.69) is 19.2 Å². The van der Waals surface area contributed by atoms with E-state index in [4.69, 9.17) is 4.42 Å². The minimum atomic E-state index is -0.254. The zero-order chi connectivity index (χ0) is 15.0. The minimum absolute atomic E-state index is 0.0535. The highest BCUT2D eigenvalue weighted by Crippen LogP contribution is 2.35. The Hall–Kier alpha value is -2.23. The molecule has 0 spiro atoms. The van der Waals surface area contributed by atoms with Crippen LogP contribution in [-0.4, -0.2) is 16.8 Å². The van der Waals surface area contributed by atoms with Crippen LogP contribution in [0.2, 0.25) is 0 Å². The smallest absolute Gasteiger partial charge is 0.258 e. The topological polar surface area (TPSA) is 45.5 Å². The highest BCUT2D eigenvalue weighted by Gasteiger charge is 2.36. The number of nitrogens with one attached hydrogen (secondary N) is 1. The number of benzene rings is 1. The van der Waals surface area contributed by atoms with E-state index in [0.29, 0.717) is 0 Å². The third kappa shape index (κ3) is 2.31. The summed E-state index contributed by atoms with van der Waals surface area (Å²) >= 11 is 0. The number of carbonyl (C=O) groups excluding carboxylic acids is 1. The molecule has 1 N–H and O–H groups in total. The van der Waals surface area contributed by atoms with Gasteiger partial charge in [0.15, 0.2) is 6.17 Å². The molecular weight excluding hydrogens is 264 g/mol. The number of anilines is 1. The molecular formula is C17H20N2O2. The SMILES string of the molecule is CC[C@@H](C)N1C(=O)c2ccccc2N[C@H]1c1ccc(C)o1. The maximum atomic E-state index is 12.9. The number of rotatable bonds is 3. The van der Waals surface area contributed by atoms with Crippen molar-refractivity contribution in [2.24, 2.45) is 0 Å². The van der Waals surface area contributed by atoms with Crippen LogP contribution in [0.1, 0.15) is 48.3 Å². The molecule has 110 valence electrons. The Morgan fingerprint density at radius 3 is 2.71 bits per heavy atom. The molecule has 1 aromatic carbocycles. The molecule has 21 heavy (non-hydrogen) atoms. The largest absolute Gasteiger partial charge is 0.462 e. The van der Waals surface area contributed by atoms with Gasteiger partial charge in [-0.3, -0.25) is 4.79 Å². The second-order valence-electron chi connectivity index (χ2n) is 5.51. The lowest BCUT2D eigenvalue weighted by Gasteiger charge is -2.40. The molecule has 0 aliphatic carbocycles. The van der Waals surface area contributed by atoms with Gasteiger partial charge in [-0.25, -0.2) is 0 Å². The van der Waals surface area contributed by atoms with E-state index in [0.717, 1.165) is 29.2 Å². The van der Waals surface area contributed by atoms with Crippen LogP contribution in [0.25, 0.3) is 0 Å². The van der Waals surface area contributed by atoms with E-state index in [1.54, 1.807) is 0 Å². The molecule has 0 bridgehead atoms. The van der Waals surface area contributed by atoms with Crippen LogP contribution < -0.4 is 5.32 Å². The first-order valence-corrected chi connectivity index (χ1v) is 7.36. The van der Waals surface area contributed by atoms with Crippen molar-refractivity contribution in [3.8, 4) is 0 Å². The molecule has 4 nitrogen and oxygen atoms in total. The zero-order valence-corrected chi connectivity index (χ0v) is 12.6. The fraction of sp³-hybridized carbons (Fsp3) is 0.353. The second-order valence-corrected chi connectivity index (χ2v) is 5.51. The average Bonchev–Trinajstić information content (AvgIpc) is 2.93. The molecule has 0 radical (unpaired) electrons. The summed E-state index contributed by atoms with van der Waals surface area (Å²) in [5, 5.41) is 3.43. The number of fused-ring (bicyclic) bond motifs is 1. The van der Waals surface area contributed by atoms with Gasteiger partial charge in [-0.05, 0) is 44.5 Å². The highest BCUT2D eigenvalue weighted by atomic mass is 16.3. The normalized spacial score (nSPS) is 19.1. The minimum Gasteiger partial charge on any atom is -0.462 e. The molecule has 3 rings (SSSR count). The number of aryl methyl sites for hydroxylation is 1. The Morgan fingerprint density at radius 2 is 2.05 bits per heavy atom. The summed E-state index contributed by atoms with van der Waals surface area (Å²) < 4.78 is 5.75. The van der Waals surface area contributed by atoms with Crippen molar-refractivity contribution < 1.29 is 9.21 Å². The molecule has 2 aromatic rings. The Kier molecular flexibility index (Phi) is 3.45. The fourth-order valence-electron chi connectivity index (χ4n) is 2.73. The molecule has 1 aromatic heterocycles. The lowest BCUT2D eigenvalue weighted by molar-refractivity contribution is 0.0566. The Labute approximate surface area is 124 Å². The molecule has 2 heterocycles. The number of furan rings is 1. The van der Waals surface area contributed by atoms with Crippen molar-refractivity contribution >= 4 is 11.6 Å². The van der Waals surface area contributed by atoms with Gasteiger partial charge in [-0.1, -0.05) is 19.1 Å².